The summed E-state index contributed by atoms with van der Waals surface area (Å²) in [7, 11) is -3.89. The molecule has 1 aromatic carbocycles. The van der Waals surface area contributed by atoms with Crippen LogP contribution in [-0.4, -0.2) is 19.9 Å². The summed E-state index contributed by atoms with van der Waals surface area (Å²) in [5.41, 5.74) is 6.90. The Balaban J connectivity index is 2.08. The van der Waals surface area contributed by atoms with E-state index in [1.54, 1.807) is 18.5 Å². The normalized spacial score (nSPS) is 11.5. The lowest BCUT2D eigenvalue weighted by Crippen LogP contribution is -2.27. The van der Waals surface area contributed by atoms with Gasteiger partial charge in [0.05, 0.1) is 0 Å². The molecule has 1 heterocycles. The third-order valence-electron chi connectivity index (χ3n) is 2.95. The summed E-state index contributed by atoms with van der Waals surface area (Å²) in [6, 6.07) is 7.44. The quantitative estimate of drug-likeness (QED) is 0.839. The van der Waals surface area contributed by atoms with E-state index in [0.717, 1.165) is 11.6 Å². The van der Waals surface area contributed by atoms with Crippen molar-refractivity contribution in [1.29, 1.82) is 0 Å². The Morgan fingerprint density at radius 3 is 2.71 bits per heavy atom. The van der Waals surface area contributed by atoms with E-state index in [1.807, 2.05) is 6.07 Å². The van der Waals surface area contributed by atoms with Crippen molar-refractivity contribution < 1.29 is 12.8 Å². The topological polar surface area (TPSA) is 85.1 Å². The maximum Gasteiger partial charge on any atom is 0.243 e. The van der Waals surface area contributed by atoms with E-state index < -0.39 is 15.8 Å². The standard InChI is InChI=1S/C14H16FN3O2S/c15-13-4-3-12(9-16)8-14(13)21(19,20)18-7-5-11-2-1-6-17-10-11/h1-4,6,8,10,18H,5,7,9,16H2. The van der Waals surface area contributed by atoms with Gasteiger partial charge in [-0.05, 0) is 35.7 Å². The van der Waals surface area contributed by atoms with Crippen molar-refractivity contribution in [2.24, 2.45) is 5.73 Å². The number of rotatable bonds is 6. The van der Waals surface area contributed by atoms with E-state index >= 15 is 0 Å². The molecule has 0 aliphatic rings. The first-order chi connectivity index (χ1) is 10.0. The number of pyridine rings is 1. The fourth-order valence-electron chi connectivity index (χ4n) is 1.83. The van der Waals surface area contributed by atoms with Crippen molar-refractivity contribution in [1.82, 2.24) is 9.71 Å². The van der Waals surface area contributed by atoms with E-state index in [4.69, 9.17) is 5.73 Å². The van der Waals surface area contributed by atoms with E-state index in [2.05, 4.69) is 9.71 Å². The van der Waals surface area contributed by atoms with Crippen LogP contribution in [0.5, 0.6) is 0 Å². The van der Waals surface area contributed by atoms with Crippen LogP contribution in [0, 0.1) is 5.82 Å². The molecule has 0 fully saturated rings. The van der Waals surface area contributed by atoms with Crippen LogP contribution < -0.4 is 10.5 Å². The number of benzene rings is 1. The van der Waals surface area contributed by atoms with Crippen LogP contribution in [-0.2, 0) is 23.0 Å². The Bertz CT molecular complexity index is 705. The van der Waals surface area contributed by atoms with Gasteiger partial charge in [-0.25, -0.2) is 17.5 Å². The van der Waals surface area contributed by atoms with Crippen LogP contribution in [0.15, 0.2) is 47.6 Å². The van der Waals surface area contributed by atoms with Crippen LogP contribution in [0.25, 0.3) is 0 Å². The summed E-state index contributed by atoms with van der Waals surface area (Å²) in [4.78, 5) is 3.57. The lowest BCUT2D eigenvalue weighted by Gasteiger charge is -2.09. The van der Waals surface area contributed by atoms with Gasteiger partial charge in [-0.15, -0.1) is 0 Å². The van der Waals surface area contributed by atoms with Gasteiger partial charge in [-0.3, -0.25) is 4.98 Å². The molecule has 5 nitrogen and oxygen atoms in total. The highest BCUT2D eigenvalue weighted by Gasteiger charge is 2.18. The number of halogens is 1. The average Bonchev–Trinajstić information content (AvgIpc) is 2.48. The zero-order valence-electron chi connectivity index (χ0n) is 11.3. The molecule has 112 valence electrons. The Labute approximate surface area is 123 Å². The summed E-state index contributed by atoms with van der Waals surface area (Å²) in [5, 5.41) is 0. The number of hydrogen-bond acceptors (Lipinski definition) is 4. The van der Waals surface area contributed by atoms with E-state index in [9.17, 15) is 12.8 Å². The zero-order valence-corrected chi connectivity index (χ0v) is 12.1. The molecule has 1 aromatic heterocycles. The van der Waals surface area contributed by atoms with E-state index in [1.165, 1.54) is 12.1 Å². The molecular formula is C14H16FN3O2S. The van der Waals surface area contributed by atoms with Gasteiger partial charge in [0.25, 0.3) is 0 Å². The molecule has 2 aromatic rings. The minimum Gasteiger partial charge on any atom is -0.326 e. The summed E-state index contributed by atoms with van der Waals surface area (Å²) in [5.74, 6) is -0.791. The summed E-state index contributed by atoms with van der Waals surface area (Å²) < 4.78 is 40.3. The maximum absolute atomic E-state index is 13.7. The van der Waals surface area contributed by atoms with Crippen LogP contribution in [0.3, 0.4) is 0 Å². The van der Waals surface area contributed by atoms with Crippen molar-refractivity contribution in [3.8, 4) is 0 Å². The van der Waals surface area contributed by atoms with Gasteiger partial charge in [0.2, 0.25) is 10.0 Å². The number of nitrogens with one attached hydrogen (secondary N) is 1. The SMILES string of the molecule is NCc1ccc(F)c(S(=O)(=O)NCCc2cccnc2)c1. The molecule has 0 atom stereocenters. The molecule has 0 radical (unpaired) electrons. The van der Waals surface area contributed by atoms with Crippen molar-refractivity contribution in [2.45, 2.75) is 17.9 Å². The molecule has 0 saturated carbocycles. The van der Waals surface area contributed by atoms with Gasteiger partial charge in [-0.1, -0.05) is 12.1 Å². The molecule has 0 saturated heterocycles. The molecule has 0 aliphatic carbocycles. The second-order valence-electron chi connectivity index (χ2n) is 4.48. The second-order valence-corrected chi connectivity index (χ2v) is 6.21. The summed E-state index contributed by atoms with van der Waals surface area (Å²) >= 11 is 0. The van der Waals surface area contributed by atoms with E-state index in [0.29, 0.717) is 12.0 Å². The molecule has 0 spiro atoms. The molecule has 0 amide bonds. The van der Waals surface area contributed by atoms with Crippen molar-refractivity contribution in [3.05, 3.63) is 59.7 Å². The van der Waals surface area contributed by atoms with Crippen molar-refractivity contribution >= 4 is 10.0 Å². The van der Waals surface area contributed by atoms with Gasteiger partial charge < -0.3 is 5.73 Å². The first kappa shape index (κ1) is 15.6. The molecule has 21 heavy (non-hydrogen) atoms. The number of sulfonamides is 1. The Kier molecular flexibility index (Phi) is 5.00. The number of nitrogens with zero attached hydrogens (tertiary/aromatic N) is 1. The summed E-state index contributed by atoms with van der Waals surface area (Å²) in [6.45, 7) is 0.318. The largest absolute Gasteiger partial charge is 0.326 e. The Morgan fingerprint density at radius 2 is 2.05 bits per heavy atom. The van der Waals surface area contributed by atoms with E-state index in [-0.39, 0.29) is 18.0 Å². The molecule has 0 unspecified atom stereocenters. The van der Waals surface area contributed by atoms with Crippen LogP contribution >= 0.6 is 0 Å². The fraction of sp³-hybridized carbons (Fsp3) is 0.214. The van der Waals surface area contributed by atoms with Gasteiger partial charge in [0.15, 0.2) is 0 Å². The molecule has 0 aliphatic heterocycles. The van der Waals surface area contributed by atoms with Gasteiger partial charge >= 0.3 is 0 Å². The number of hydrogen-bond donors (Lipinski definition) is 2. The predicted molar refractivity (Wildman–Crippen MR) is 77.4 cm³/mol. The smallest absolute Gasteiger partial charge is 0.243 e. The Hall–Kier alpha value is -1.83. The monoisotopic (exact) mass is 309 g/mol. The third kappa shape index (κ3) is 4.07. The zero-order chi connectivity index (χ0) is 15.3. The fourth-order valence-corrected chi connectivity index (χ4v) is 2.99. The van der Waals surface area contributed by atoms with Gasteiger partial charge in [0, 0.05) is 25.5 Å². The highest BCUT2D eigenvalue weighted by molar-refractivity contribution is 7.89. The van der Waals surface area contributed by atoms with Crippen LogP contribution in [0.1, 0.15) is 11.1 Å². The minimum atomic E-state index is -3.89. The van der Waals surface area contributed by atoms with Crippen molar-refractivity contribution in [3.63, 3.8) is 0 Å². The third-order valence-corrected chi connectivity index (χ3v) is 4.43. The number of aromatic nitrogens is 1. The predicted octanol–water partition coefficient (Wildman–Crippen LogP) is 1.20. The maximum atomic E-state index is 13.7. The Morgan fingerprint density at radius 1 is 1.24 bits per heavy atom. The minimum absolute atomic E-state index is 0.151. The second kappa shape index (κ2) is 6.75. The first-order valence-corrected chi connectivity index (χ1v) is 7.88. The lowest BCUT2D eigenvalue weighted by atomic mass is 10.2. The average molecular weight is 309 g/mol. The highest BCUT2D eigenvalue weighted by Crippen LogP contribution is 2.16. The van der Waals surface area contributed by atoms with Gasteiger partial charge in [0.1, 0.15) is 10.7 Å². The number of nitrogens with two attached hydrogens (primary N) is 1. The molecule has 7 heteroatoms. The molecule has 3 N–H and O–H groups in total. The first-order valence-electron chi connectivity index (χ1n) is 6.40. The highest BCUT2D eigenvalue weighted by atomic mass is 32.2. The molecule has 2 rings (SSSR count). The van der Waals surface area contributed by atoms with Gasteiger partial charge in [-0.2, -0.15) is 0 Å². The molecular weight excluding hydrogens is 293 g/mol. The summed E-state index contributed by atoms with van der Waals surface area (Å²) in [6.07, 6.45) is 3.77. The van der Waals surface area contributed by atoms with Crippen molar-refractivity contribution in [2.75, 3.05) is 6.54 Å². The molecule has 0 bridgehead atoms. The van der Waals surface area contributed by atoms with Crippen LogP contribution in [0.4, 0.5) is 4.39 Å². The van der Waals surface area contributed by atoms with Crippen LogP contribution in [0.2, 0.25) is 0 Å². The lowest BCUT2D eigenvalue weighted by molar-refractivity contribution is 0.556.